The van der Waals surface area contributed by atoms with Gasteiger partial charge < -0.3 is 4.90 Å². The molecule has 2 heteroatoms. The first kappa shape index (κ1) is 37.5. The second-order valence-corrected chi connectivity index (χ2v) is 18.3. The topological polar surface area (TPSA) is 3.24 Å². The van der Waals surface area contributed by atoms with Gasteiger partial charge in [-0.05, 0) is 144 Å². The lowest BCUT2D eigenvalue weighted by atomic mass is 9.67. The summed E-state index contributed by atoms with van der Waals surface area (Å²) in [6.45, 7) is 0. The molecule has 0 spiro atoms. The second kappa shape index (κ2) is 15.1. The maximum atomic E-state index is 2.47. The van der Waals surface area contributed by atoms with Crippen LogP contribution in [0.5, 0.6) is 0 Å². The number of anilines is 3. The van der Waals surface area contributed by atoms with Crippen molar-refractivity contribution in [2.24, 2.45) is 0 Å². The van der Waals surface area contributed by atoms with Crippen molar-refractivity contribution >= 4 is 70.1 Å². The Balaban J connectivity index is 1.02. The molecule has 0 radical (unpaired) electrons. The molecule has 0 unspecified atom stereocenters. The smallest absolute Gasteiger partial charge is 0.0714 e. The quantitative estimate of drug-likeness (QED) is 0.154. The standard InChI is InChI=1S/C63H41NS/c1-3-19-48(20-4-1)63(49-21-5-2-6-22-49)59-25-13-11-23-53(59)54-35-33-52(41-60(54)63)64(51-34-36-62-58(40-51)55-24-12-14-26-61(55)65-62)50-31-29-43(30-32-50)56-38-45-17-9-10-18-46(45)39-57(56)47-28-27-42-15-7-8-16-44(42)37-47/h1-41H. The average molecular weight is 844 g/mol. The van der Waals surface area contributed by atoms with Gasteiger partial charge in [-0.15, -0.1) is 11.3 Å². The summed E-state index contributed by atoms with van der Waals surface area (Å²) in [7, 11) is 0. The van der Waals surface area contributed by atoms with Crippen molar-refractivity contribution in [3.05, 3.63) is 271 Å². The summed E-state index contributed by atoms with van der Waals surface area (Å²) in [5.74, 6) is 0. The third-order valence-corrected chi connectivity index (χ3v) is 14.9. The van der Waals surface area contributed by atoms with E-state index in [9.17, 15) is 0 Å². The van der Waals surface area contributed by atoms with E-state index in [1.165, 1.54) is 97.4 Å². The molecule has 0 aliphatic heterocycles. The molecule has 12 aromatic rings. The van der Waals surface area contributed by atoms with Crippen molar-refractivity contribution in [1.29, 1.82) is 0 Å². The molecule has 0 saturated heterocycles. The number of fused-ring (bicyclic) bond motifs is 8. The minimum atomic E-state index is -0.511. The van der Waals surface area contributed by atoms with Crippen molar-refractivity contribution in [3.8, 4) is 33.4 Å². The van der Waals surface area contributed by atoms with Gasteiger partial charge in [0.1, 0.15) is 0 Å². The van der Waals surface area contributed by atoms with Crippen LogP contribution in [0.4, 0.5) is 17.1 Å². The van der Waals surface area contributed by atoms with Crippen LogP contribution >= 0.6 is 11.3 Å². The van der Waals surface area contributed by atoms with Crippen molar-refractivity contribution in [2.75, 3.05) is 4.90 Å². The Morgan fingerprint density at radius 2 is 0.815 bits per heavy atom. The Morgan fingerprint density at radius 1 is 0.292 bits per heavy atom. The molecule has 0 atom stereocenters. The predicted octanol–water partition coefficient (Wildman–Crippen LogP) is 17.5. The fourth-order valence-electron chi connectivity index (χ4n) is 10.7. The van der Waals surface area contributed by atoms with E-state index in [1.54, 1.807) is 0 Å². The number of nitrogens with zero attached hydrogens (tertiary/aromatic N) is 1. The van der Waals surface area contributed by atoms with Gasteiger partial charge in [0.05, 0.1) is 5.41 Å². The average Bonchev–Trinajstić information content (AvgIpc) is 3.90. The zero-order valence-electron chi connectivity index (χ0n) is 35.5. The number of hydrogen-bond acceptors (Lipinski definition) is 2. The molecule has 1 nitrogen and oxygen atoms in total. The number of rotatable bonds is 7. The van der Waals surface area contributed by atoms with Gasteiger partial charge in [-0.25, -0.2) is 0 Å². The number of thiophene rings is 1. The number of benzene rings is 11. The summed E-state index contributed by atoms with van der Waals surface area (Å²) in [5, 5.41) is 7.52. The Hall–Kier alpha value is -8.04. The van der Waals surface area contributed by atoms with Crippen LogP contribution < -0.4 is 4.90 Å². The van der Waals surface area contributed by atoms with E-state index >= 15 is 0 Å². The van der Waals surface area contributed by atoms with E-state index in [4.69, 9.17) is 0 Å². The molecule has 13 rings (SSSR count). The molecule has 11 aromatic carbocycles. The summed E-state index contributed by atoms with van der Waals surface area (Å²) < 4.78 is 2.60. The van der Waals surface area contributed by atoms with E-state index in [-0.39, 0.29) is 0 Å². The molecule has 0 bridgehead atoms. The van der Waals surface area contributed by atoms with Crippen LogP contribution in [0.2, 0.25) is 0 Å². The van der Waals surface area contributed by atoms with Gasteiger partial charge in [0.15, 0.2) is 0 Å². The molecule has 0 amide bonds. The largest absolute Gasteiger partial charge is 0.310 e. The summed E-state index contributed by atoms with van der Waals surface area (Å²) in [4.78, 5) is 2.46. The molecule has 1 aliphatic rings. The van der Waals surface area contributed by atoms with Gasteiger partial charge in [-0.1, -0.05) is 182 Å². The monoisotopic (exact) mass is 843 g/mol. The van der Waals surface area contributed by atoms with Gasteiger partial charge in [0, 0.05) is 37.2 Å². The molecule has 1 aliphatic carbocycles. The minimum Gasteiger partial charge on any atom is -0.310 e. The first-order valence-corrected chi connectivity index (χ1v) is 23.2. The molecule has 65 heavy (non-hydrogen) atoms. The SMILES string of the molecule is c1ccc(C2(c3ccccc3)c3ccccc3-c3ccc(N(c4ccc(-c5cc6ccccc6cc5-c5ccc6ccccc6c5)cc4)c4ccc5sc6ccccc6c5c4)cc32)cc1. The van der Waals surface area contributed by atoms with Gasteiger partial charge >= 0.3 is 0 Å². The Morgan fingerprint density at radius 3 is 1.55 bits per heavy atom. The van der Waals surface area contributed by atoms with Crippen LogP contribution in [0.1, 0.15) is 22.3 Å². The normalized spacial score (nSPS) is 12.7. The van der Waals surface area contributed by atoms with Crippen LogP contribution in [0.15, 0.2) is 249 Å². The Labute approximate surface area is 382 Å². The molecule has 1 heterocycles. The molecular formula is C63H41NS. The van der Waals surface area contributed by atoms with E-state index in [1.807, 2.05) is 11.3 Å². The van der Waals surface area contributed by atoms with Crippen molar-refractivity contribution in [1.82, 2.24) is 0 Å². The third kappa shape index (κ3) is 5.99. The highest BCUT2D eigenvalue weighted by molar-refractivity contribution is 7.25. The van der Waals surface area contributed by atoms with E-state index in [2.05, 4.69) is 254 Å². The van der Waals surface area contributed by atoms with Crippen molar-refractivity contribution in [2.45, 2.75) is 5.41 Å². The molecule has 0 fully saturated rings. The highest BCUT2D eigenvalue weighted by atomic mass is 32.1. The lowest BCUT2D eigenvalue weighted by molar-refractivity contribution is 0.768. The number of hydrogen-bond donors (Lipinski definition) is 0. The van der Waals surface area contributed by atoms with Gasteiger partial charge in [0.2, 0.25) is 0 Å². The third-order valence-electron chi connectivity index (χ3n) is 13.7. The maximum absolute atomic E-state index is 2.47. The summed E-state index contributed by atoms with van der Waals surface area (Å²) >= 11 is 1.86. The predicted molar refractivity (Wildman–Crippen MR) is 277 cm³/mol. The highest BCUT2D eigenvalue weighted by Crippen LogP contribution is 2.57. The zero-order chi connectivity index (χ0) is 42.9. The van der Waals surface area contributed by atoms with Crippen molar-refractivity contribution in [3.63, 3.8) is 0 Å². The summed E-state index contributed by atoms with van der Waals surface area (Å²) in [5.41, 5.74) is 15.3. The van der Waals surface area contributed by atoms with Crippen LogP contribution in [0.25, 0.3) is 75.1 Å². The molecule has 304 valence electrons. The van der Waals surface area contributed by atoms with Crippen molar-refractivity contribution < 1.29 is 0 Å². The lowest BCUT2D eigenvalue weighted by Gasteiger charge is -2.35. The minimum absolute atomic E-state index is 0.511. The van der Waals surface area contributed by atoms with Gasteiger partial charge in [-0.2, -0.15) is 0 Å². The second-order valence-electron chi connectivity index (χ2n) is 17.2. The van der Waals surface area contributed by atoms with E-state index in [0.717, 1.165) is 17.1 Å². The fourth-order valence-corrected chi connectivity index (χ4v) is 11.8. The highest BCUT2D eigenvalue weighted by Gasteiger charge is 2.46. The van der Waals surface area contributed by atoms with Crippen LogP contribution in [0, 0.1) is 0 Å². The Kier molecular flexibility index (Phi) is 8.69. The molecule has 0 saturated carbocycles. The van der Waals surface area contributed by atoms with E-state index < -0.39 is 5.41 Å². The zero-order valence-corrected chi connectivity index (χ0v) is 36.3. The Bertz CT molecular complexity index is 3730. The van der Waals surface area contributed by atoms with Gasteiger partial charge in [0.25, 0.3) is 0 Å². The van der Waals surface area contributed by atoms with Crippen LogP contribution in [-0.2, 0) is 5.41 Å². The molecule has 1 aromatic heterocycles. The van der Waals surface area contributed by atoms with E-state index in [0.29, 0.717) is 0 Å². The van der Waals surface area contributed by atoms with Crippen LogP contribution in [-0.4, -0.2) is 0 Å². The first-order chi connectivity index (χ1) is 32.2. The van der Waals surface area contributed by atoms with Crippen LogP contribution in [0.3, 0.4) is 0 Å². The lowest BCUT2D eigenvalue weighted by Crippen LogP contribution is -2.28. The first-order valence-electron chi connectivity index (χ1n) is 22.4. The molecular weight excluding hydrogens is 803 g/mol. The van der Waals surface area contributed by atoms with Gasteiger partial charge in [-0.3, -0.25) is 0 Å². The fraction of sp³-hybridized carbons (Fsp3) is 0.0159. The summed E-state index contributed by atoms with van der Waals surface area (Å²) in [6, 6.07) is 92.3. The maximum Gasteiger partial charge on any atom is 0.0714 e. The summed E-state index contributed by atoms with van der Waals surface area (Å²) in [6.07, 6.45) is 0. The molecule has 0 N–H and O–H groups in total.